The summed E-state index contributed by atoms with van der Waals surface area (Å²) in [5.41, 5.74) is 2.35. The minimum atomic E-state index is -1.22. The Labute approximate surface area is 206 Å². The molecule has 2 N–H and O–H groups in total. The number of fused-ring (bicyclic) bond motifs is 1. The van der Waals surface area contributed by atoms with Crippen LogP contribution in [0.15, 0.2) is 66.7 Å². The van der Waals surface area contributed by atoms with Crippen molar-refractivity contribution in [2.75, 3.05) is 6.54 Å². The van der Waals surface area contributed by atoms with Crippen LogP contribution < -0.4 is 0 Å². The molecule has 180 valence electrons. The number of aliphatic hydroxyl groups excluding tert-OH is 1. The minimum Gasteiger partial charge on any atom is -0.481 e. The molecule has 0 bridgehead atoms. The monoisotopic (exact) mass is 495 g/mol. The first-order valence-corrected chi connectivity index (χ1v) is 11.5. The average Bonchev–Trinajstić information content (AvgIpc) is 3.09. The lowest BCUT2D eigenvalue weighted by atomic mass is 9.92. The molecule has 0 fully saturated rings. The van der Waals surface area contributed by atoms with Gasteiger partial charge in [-0.15, -0.1) is 0 Å². The summed E-state index contributed by atoms with van der Waals surface area (Å²) in [6, 6.07) is 17.8. The topological polar surface area (TPSA) is 94.9 Å². The third-order valence-corrected chi connectivity index (χ3v) is 6.49. The maximum absolute atomic E-state index is 14.4. The molecule has 8 heteroatoms. The van der Waals surface area contributed by atoms with E-state index < -0.39 is 35.6 Å². The Kier molecular flexibility index (Phi) is 7.28. The van der Waals surface area contributed by atoms with Crippen LogP contribution in [0.4, 0.5) is 4.39 Å². The number of benzene rings is 3. The Morgan fingerprint density at radius 2 is 1.54 bits per heavy atom. The van der Waals surface area contributed by atoms with Crippen LogP contribution >= 0.6 is 11.6 Å². The Hall–Kier alpha value is -3.55. The number of carbonyl (C=O) groups excluding carboxylic acids is 2. The smallest absolute Gasteiger partial charge is 0.309 e. The number of rotatable bonds is 9. The lowest BCUT2D eigenvalue weighted by Gasteiger charge is -2.22. The van der Waals surface area contributed by atoms with Gasteiger partial charge in [0, 0.05) is 17.1 Å². The van der Waals surface area contributed by atoms with Crippen LogP contribution in [0.5, 0.6) is 0 Å². The molecular formula is C27H23ClFNO5. The normalized spacial score (nSPS) is 14.7. The van der Waals surface area contributed by atoms with Crippen molar-refractivity contribution in [2.45, 2.75) is 25.4 Å². The van der Waals surface area contributed by atoms with Gasteiger partial charge in [-0.05, 0) is 66.8 Å². The van der Waals surface area contributed by atoms with E-state index in [1.54, 1.807) is 60.7 Å². The number of hydrogen-bond acceptors (Lipinski definition) is 4. The first kappa shape index (κ1) is 24.6. The second kappa shape index (κ2) is 10.4. The fourth-order valence-electron chi connectivity index (χ4n) is 4.29. The number of imide groups is 1. The van der Waals surface area contributed by atoms with E-state index in [1.807, 2.05) is 0 Å². The average molecular weight is 496 g/mol. The zero-order chi connectivity index (χ0) is 25.1. The number of carbonyl (C=O) groups is 3. The summed E-state index contributed by atoms with van der Waals surface area (Å²) < 4.78 is 14.4. The predicted octanol–water partition coefficient (Wildman–Crippen LogP) is 4.83. The Bertz CT molecular complexity index is 1240. The van der Waals surface area contributed by atoms with Gasteiger partial charge < -0.3 is 10.2 Å². The minimum absolute atomic E-state index is 0.0819. The molecule has 0 aromatic heterocycles. The summed E-state index contributed by atoms with van der Waals surface area (Å²) in [6.45, 7) is -0.113. The predicted molar refractivity (Wildman–Crippen MR) is 129 cm³/mol. The van der Waals surface area contributed by atoms with Crippen molar-refractivity contribution in [3.63, 3.8) is 0 Å². The second-order valence-corrected chi connectivity index (χ2v) is 8.90. The molecule has 3 aromatic carbocycles. The molecule has 0 radical (unpaired) electrons. The van der Waals surface area contributed by atoms with E-state index in [2.05, 4.69) is 0 Å². The molecule has 1 heterocycles. The number of amides is 2. The fraction of sp³-hybridized carbons (Fsp3) is 0.222. The van der Waals surface area contributed by atoms with Gasteiger partial charge in [0.05, 0.1) is 23.1 Å². The van der Waals surface area contributed by atoms with Crippen LogP contribution in [-0.4, -0.2) is 45.5 Å². The van der Waals surface area contributed by atoms with Gasteiger partial charge in [0.15, 0.2) is 0 Å². The lowest BCUT2D eigenvalue weighted by molar-refractivity contribution is -0.146. The summed E-state index contributed by atoms with van der Waals surface area (Å²) in [5, 5.41) is 20.8. The molecular weight excluding hydrogens is 473 g/mol. The van der Waals surface area contributed by atoms with Gasteiger partial charge in [-0.2, -0.15) is 0 Å². The third-order valence-electron chi connectivity index (χ3n) is 6.24. The maximum atomic E-state index is 14.4. The molecule has 4 rings (SSSR count). The Balaban J connectivity index is 1.40. The summed E-state index contributed by atoms with van der Waals surface area (Å²) in [5.74, 6) is -3.72. The molecule has 2 amide bonds. The number of halogens is 2. The number of aliphatic hydroxyl groups is 1. The molecule has 0 saturated carbocycles. The Morgan fingerprint density at radius 1 is 0.914 bits per heavy atom. The van der Waals surface area contributed by atoms with Gasteiger partial charge in [-0.3, -0.25) is 19.3 Å². The van der Waals surface area contributed by atoms with E-state index in [0.29, 0.717) is 22.6 Å². The van der Waals surface area contributed by atoms with Gasteiger partial charge >= 0.3 is 5.97 Å². The van der Waals surface area contributed by atoms with E-state index in [1.165, 1.54) is 6.07 Å². The van der Waals surface area contributed by atoms with Crippen LogP contribution in [0.1, 0.15) is 39.1 Å². The molecule has 1 aliphatic heterocycles. The number of aliphatic carboxylic acids is 1. The van der Waals surface area contributed by atoms with E-state index in [-0.39, 0.29) is 30.5 Å². The highest BCUT2D eigenvalue weighted by molar-refractivity contribution is 6.30. The van der Waals surface area contributed by atoms with Crippen LogP contribution in [0.25, 0.3) is 11.1 Å². The van der Waals surface area contributed by atoms with Crippen LogP contribution in [0.2, 0.25) is 5.02 Å². The summed E-state index contributed by atoms with van der Waals surface area (Å²) in [6.07, 6.45) is -0.864. The van der Waals surface area contributed by atoms with Gasteiger partial charge in [-0.25, -0.2) is 4.39 Å². The van der Waals surface area contributed by atoms with Crippen molar-refractivity contribution in [3.8, 4) is 11.1 Å². The molecule has 6 nitrogen and oxygen atoms in total. The van der Waals surface area contributed by atoms with Crippen LogP contribution in [0, 0.1) is 11.7 Å². The molecule has 0 saturated heterocycles. The highest BCUT2D eigenvalue weighted by Gasteiger charge is 2.36. The van der Waals surface area contributed by atoms with Crippen molar-refractivity contribution in [3.05, 3.63) is 94.3 Å². The zero-order valence-corrected chi connectivity index (χ0v) is 19.4. The molecule has 0 aliphatic carbocycles. The first-order chi connectivity index (χ1) is 16.8. The molecule has 0 spiro atoms. The van der Waals surface area contributed by atoms with E-state index in [0.717, 1.165) is 10.5 Å². The molecule has 35 heavy (non-hydrogen) atoms. The maximum Gasteiger partial charge on any atom is 0.309 e. The Morgan fingerprint density at radius 3 is 2.14 bits per heavy atom. The van der Waals surface area contributed by atoms with Crippen molar-refractivity contribution in [1.29, 1.82) is 0 Å². The van der Waals surface area contributed by atoms with Crippen molar-refractivity contribution >= 4 is 29.4 Å². The van der Waals surface area contributed by atoms with Crippen LogP contribution in [0.3, 0.4) is 0 Å². The quantitative estimate of drug-likeness (QED) is 0.415. The number of hydrogen-bond donors (Lipinski definition) is 2. The van der Waals surface area contributed by atoms with Crippen molar-refractivity contribution < 1.29 is 29.0 Å². The zero-order valence-electron chi connectivity index (χ0n) is 18.7. The van der Waals surface area contributed by atoms with Crippen LogP contribution in [-0.2, 0) is 11.2 Å². The standard InChI is InChI=1S/C27H23ClFNO5/c28-18-9-7-17(8-10-18)22-15-16(5-11-23(22)29)6-12-24(31)21(27(34)35)13-14-30-25(32)19-3-1-2-4-20(19)26(30)33/h1-5,7-11,15,21,24,31H,6,12-14H2,(H,34,35). The molecule has 3 aromatic rings. The largest absolute Gasteiger partial charge is 0.481 e. The molecule has 2 atom stereocenters. The SMILES string of the molecule is O=C(O)C(CCN1C(=O)c2ccccc2C1=O)C(O)CCc1ccc(F)c(-c2ccc(Cl)cc2)c1. The van der Waals surface area contributed by atoms with Crippen molar-refractivity contribution in [2.24, 2.45) is 5.92 Å². The summed E-state index contributed by atoms with van der Waals surface area (Å²) >= 11 is 5.91. The highest BCUT2D eigenvalue weighted by Crippen LogP contribution is 2.27. The molecule has 2 unspecified atom stereocenters. The summed E-state index contributed by atoms with van der Waals surface area (Å²) in [4.78, 5) is 37.9. The lowest BCUT2D eigenvalue weighted by Crippen LogP contribution is -2.36. The number of carboxylic acid groups (broad SMARTS) is 1. The highest BCUT2D eigenvalue weighted by atomic mass is 35.5. The number of nitrogens with zero attached hydrogens (tertiary/aromatic N) is 1. The van der Waals surface area contributed by atoms with Crippen molar-refractivity contribution in [1.82, 2.24) is 4.90 Å². The second-order valence-electron chi connectivity index (χ2n) is 8.47. The van der Waals surface area contributed by atoms with E-state index >= 15 is 0 Å². The van der Waals surface area contributed by atoms with E-state index in [9.17, 15) is 29.0 Å². The number of aryl methyl sites for hydroxylation is 1. The van der Waals surface area contributed by atoms with Gasteiger partial charge in [0.25, 0.3) is 11.8 Å². The summed E-state index contributed by atoms with van der Waals surface area (Å²) in [7, 11) is 0. The number of carboxylic acids is 1. The fourth-order valence-corrected chi connectivity index (χ4v) is 4.41. The van der Waals surface area contributed by atoms with E-state index in [4.69, 9.17) is 11.6 Å². The third kappa shape index (κ3) is 5.26. The van der Waals surface area contributed by atoms with Gasteiger partial charge in [0.2, 0.25) is 0 Å². The van der Waals surface area contributed by atoms with Gasteiger partial charge in [0.1, 0.15) is 5.82 Å². The van der Waals surface area contributed by atoms with Gasteiger partial charge in [-0.1, -0.05) is 41.9 Å². The first-order valence-electron chi connectivity index (χ1n) is 11.2. The molecule has 1 aliphatic rings.